The van der Waals surface area contributed by atoms with Gasteiger partial charge in [0.2, 0.25) is 0 Å². The molecule has 0 amide bonds. The lowest BCUT2D eigenvalue weighted by Gasteiger charge is -2.38. The summed E-state index contributed by atoms with van der Waals surface area (Å²) in [6, 6.07) is 5.97. The van der Waals surface area contributed by atoms with E-state index in [-0.39, 0.29) is 0 Å². The van der Waals surface area contributed by atoms with Crippen LogP contribution in [0.2, 0.25) is 10.0 Å². The second-order valence-corrected chi connectivity index (χ2v) is 8.17. The van der Waals surface area contributed by atoms with Crippen molar-refractivity contribution in [1.82, 2.24) is 15.1 Å². The largest absolute Gasteiger partial charge is 0.316 e. The third kappa shape index (κ3) is 4.83. The number of rotatable bonds is 5. The molecule has 1 atom stereocenters. The first kappa shape index (κ1) is 17.5. The first-order chi connectivity index (χ1) is 11.0. The van der Waals surface area contributed by atoms with E-state index >= 15 is 0 Å². The summed E-state index contributed by atoms with van der Waals surface area (Å²) in [6.45, 7) is 11.8. The topological polar surface area (TPSA) is 18.5 Å². The molecule has 23 heavy (non-hydrogen) atoms. The third-order valence-corrected chi connectivity index (χ3v) is 5.97. The van der Waals surface area contributed by atoms with Gasteiger partial charge in [-0.25, -0.2) is 0 Å². The number of nitrogens with zero attached hydrogens (tertiary/aromatic N) is 2. The highest BCUT2D eigenvalue weighted by Crippen LogP contribution is 2.26. The number of halogens is 2. The Hall–Kier alpha value is -0.320. The van der Waals surface area contributed by atoms with Gasteiger partial charge in [-0.05, 0) is 42.5 Å². The lowest BCUT2D eigenvalue weighted by molar-refractivity contribution is 0.0978. The van der Waals surface area contributed by atoms with Gasteiger partial charge in [0, 0.05) is 45.8 Å². The van der Waals surface area contributed by atoms with Gasteiger partial charge in [0.15, 0.2) is 0 Å². The van der Waals surface area contributed by atoms with E-state index in [2.05, 4.69) is 28.1 Å². The molecule has 1 N–H and O–H groups in total. The zero-order valence-corrected chi connectivity index (χ0v) is 15.5. The van der Waals surface area contributed by atoms with Gasteiger partial charge in [-0.3, -0.25) is 0 Å². The maximum atomic E-state index is 6.09. The van der Waals surface area contributed by atoms with Crippen LogP contribution in [0.1, 0.15) is 18.9 Å². The maximum Gasteiger partial charge on any atom is 0.0595 e. The number of nitrogens with one attached hydrogen (secondary N) is 1. The van der Waals surface area contributed by atoms with Crippen LogP contribution in [0.25, 0.3) is 0 Å². The normalized spacial score (nSPS) is 26.7. The van der Waals surface area contributed by atoms with Crippen molar-refractivity contribution in [2.75, 3.05) is 52.4 Å². The summed E-state index contributed by atoms with van der Waals surface area (Å²) in [4.78, 5) is 5.21. The van der Waals surface area contributed by atoms with Crippen LogP contribution in [0.5, 0.6) is 0 Å². The first-order valence-electron chi connectivity index (χ1n) is 8.63. The second-order valence-electron chi connectivity index (χ2n) is 7.35. The van der Waals surface area contributed by atoms with Crippen molar-refractivity contribution in [2.24, 2.45) is 5.41 Å². The summed E-state index contributed by atoms with van der Waals surface area (Å²) in [5.41, 5.74) is 1.74. The summed E-state index contributed by atoms with van der Waals surface area (Å²) in [6.07, 6.45) is 2.35. The van der Waals surface area contributed by atoms with Crippen LogP contribution in [0, 0.1) is 5.41 Å². The molecule has 5 heteroatoms. The van der Waals surface area contributed by atoms with Crippen LogP contribution >= 0.6 is 23.2 Å². The maximum absolute atomic E-state index is 6.09. The van der Waals surface area contributed by atoms with Gasteiger partial charge in [-0.2, -0.15) is 0 Å². The Kier molecular flexibility index (Phi) is 5.87. The molecule has 1 aromatic rings. The summed E-state index contributed by atoms with van der Waals surface area (Å²) in [5.74, 6) is 0. The predicted octanol–water partition coefficient (Wildman–Crippen LogP) is 3.15. The Bertz CT molecular complexity index is 521. The molecule has 3 rings (SSSR count). The average Bonchev–Trinajstić information content (AvgIpc) is 2.96. The standard InChI is InChI=1S/C18H27Cl2N3/c1-18(5-6-21-13-18)14-23-10-8-22(9-11-23)7-4-15-2-3-16(19)17(20)12-15/h2-3,12,21H,4-11,13-14H2,1H3. The molecular formula is C18H27Cl2N3. The molecule has 128 valence electrons. The first-order valence-corrected chi connectivity index (χ1v) is 9.39. The van der Waals surface area contributed by atoms with E-state index < -0.39 is 0 Å². The van der Waals surface area contributed by atoms with Crippen molar-refractivity contribution in [1.29, 1.82) is 0 Å². The SMILES string of the molecule is CC1(CN2CCN(CCc3ccc(Cl)c(Cl)c3)CC2)CCNC1. The lowest BCUT2D eigenvalue weighted by Crippen LogP contribution is -2.50. The third-order valence-electron chi connectivity index (χ3n) is 5.23. The fourth-order valence-electron chi connectivity index (χ4n) is 3.70. The zero-order chi connectivity index (χ0) is 16.3. The van der Waals surface area contributed by atoms with Gasteiger partial charge in [0.1, 0.15) is 0 Å². The summed E-state index contributed by atoms with van der Waals surface area (Å²) in [5, 5.41) is 4.80. The van der Waals surface area contributed by atoms with Gasteiger partial charge in [-0.1, -0.05) is 36.2 Å². The molecule has 1 unspecified atom stereocenters. The monoisotopic (exact) mass is 355 g/mol. The Morgan fingerprint density at radius 3 is 2.48 bits per heavy atom. The minimum absolute atomic E-state index is 0.474. The van der Waals surface area contributed by atoms with Crippen molar-refractivity contribution in [3.63, 3.8) is 0 Å². The fourth-order valence-corrected chi connectivity index (χ4v) is 4.02. The molecule has 3 nitrogen and oxygen atoms in total. The van der Waals surface area contributed by atoms with Crippen LogP contribution in [-0.2, 0) is 6.42 Å². The summed E-state index contributed by atoms with van der Waals surface area (Å²) >= 11 is 12.1. The van der Waals surface area contributed by atoms with E-state index in [0.717, 1.165) is 13.0 Å². The molecule has 0 bridgehead atoms. The van der Waals surface area contributed by atoms with Gasteiger partial charge < -0.3 is 15.1 Å². The highest BCUT2D eigenvalue weighted by atomic mass is 35.5. The molecule has 2 aliphatic rings. The van der Waals surface area contributed by atoms with Gasteiger partial charge in [-0.15, -0.1) is 0 Å². The Morgan fingerprint density at radius 1 is 1.09 bits per heavy atom. The van der Waals surface area contributed by atoms with Crippen LogP contribution in [0.4, 0.5) is 0 Å². The predicted molar refractivity (Wildman–Crippen MR) is 98.6 cm³/mol. The van der Waals surface area contributed by atoms with E-state index in [1.54, 1.807) is 0 Å². The Morgan fingerprint density at radius 2 is 1.83 bits per heavy atom. The van der Waals surface area contributed by atoms with E-state index in [0.29, 0.717) is 15.5 Å². The van der Waals surface area contributed by atoms with Crippen LogP contribution in [0.15, 0.2) is 18.2 Å². The summed E-state index contributed by atoms with van der Waals surface area (Å²) in [7, 11) is 0. The molecule has 0 saturated carbocycles. The molecule has 0 aliphatic carbocycles. The van der Waals surface area contributed by atoms with Crippen molar-refractivity contribution >= 4 is 23.2 Å². The van der Waals surface area contributed by atoms with E-state index in [4.69, 9.17) is 23.2 Å². The van der Waals surface area contributed by atoms with Crippen molar-refractivity contribution in [3.05, 3.63) is 33.8 Å². The number of hydrogen-bond donors (Lipinski definition) is 1. The number of piperazine rings is 1. The smallest absolute Gasteiger partial charge is 0.0595 e. The average molecular weight is 356 g/mol. The highest BCUT2D eigenvalue weighted by Gasteiger charge is 2.31. The highest BCUT2D eigenvalue weighted by molar-refractivity contribution is 6.42. The van der Waals surface area contributed by atoms with Gasteiger partial charge >= 0.3 is 0 Å². The molecule has 2 aliphatic heterocycles. The van der Waals surface area contributed by atoms with Crippen LogP contribution in [-0.4, -0.2) is 62.2 Å². The Labute approximate surface area is 149 Å². The van der Waals surface area contributed by atoms with Crippen LogP contribution in [0.3, 0.4) is 0 Å². The fraction of sp³-hybridized carbons (Fsp3) is 0.667. The van der Waals surface area contributed by atoms with Crippen LogP contribution < -0.4 is 5.32 Å². The molecule has 2 fully saturated rings. The van der Waals surface area contributed by atoms with Crippen molar-refractivity contribution in [2.45, 2.75) is 19.8 Å². The van der Waals surface area contributed by atoms with E-state index in [1.165, 1.54) is 57.8 Å². The van der Waals surface area contributed by atoms with Crippen molar-refractivity contribution in [3.8, 4) is 0 Å². The minimum atomic E-state index is 0.474. The molecule has 0 spiro atoms. The summed E-state index contributed by atoms with van der Waals surface area (Å²) < 4.78 is 0. The quantitative estimate of drug-likeness (QED) is 0.874. The molecule has 0 radical (unpaired) electrons. The second kappa shape index (κ2) is 7.71. The Balaban J connectivity index is 1.41. The molecule has 2 saturated heterocycles. The molecule has 1 aromatic carbocycles. The lowest BCUT2D eigenvalue weighted by atomic mass is 9.89. The zero-order valence-electron chi connectivity index (χ0n) is 14.0. The van der Waals surface area contributed by atoms with Gasteiger partial charge in [0.05, 0.1) is 10.0 Å². The van der Waals surface area contributed by atoms with E-state index in [1.807, 2.05) is 12.1 Å². The van der Waals surface area contributed by atoms with Crippen molar-refractivity contribution < 1.29 is 0 Å². The number of benzene rings is 1. The van der Waals surface area contributed by atoms with E-state index in [9.17, 15) is 0 Å². The minimum Gasteiger partial charge on any atom is -0.316 e. The molecular weight excluding hydrogens is 329 g/mol. The molecule has 0 aromatic heterocycles. The van der Waals surface area contributed by atoms with Gasteiger partial charge in [0.25, 0.3) is 0 Å². The molecule has 2 heterocycles. The number of hydrogen-bond acceptors (Lipinski definition) is 3.